The highest BCUT2D eigenvalue weighted by Gasteiger charge is 2.27. The first-order chi connectivity index (χ1) is 18.6. The lowest BCUT2D eigenvalue weighted by Crippen LogP contribution is -2.48. The summed E-state index contributed by atoms with van der Waals surface area (Å²) in [4.78, 5) is 18.2. The predicted molar refractivity (Wildman–Crippen MR) is 150 cm³/mol. The molecule has 0 spiro atoms. The Morgan fingerprint density at radius 2 is 1.74 bits per heavy atom. The molecule has 0 unspecified atom stereocenters. The lowest BCUT2D eigenvalue weighted by atomic mass is 9.87. The zero-order valence-corrected chi connectivity index (χ0v) is 22.2. The fourth-order valence-corrected chi connectivity index (χ4v) is 5.87. The van der Waals surface area contributed by atoms with Gasteiger partial charge in [-0.1, -0.05) is 54.1 Å². The predicted octanol–water partition coefficient (Wildman–Crippen LogP) is 5.56. The van der Waals surface area contributed by atoms with Crippen LogP contribution < -0.4 is 9.47 Å². The molecule has 3 heterocycles. The summed E-state index contributed by atoms with van der Waals surface area (Å²) in [5, 5.41) is 1.24. The summed E-state index contributed by atoms with van der Waals surface area (Å²) >= 11 is 0. The van der Waals surface area contributed by atoms with Crippen LogP contribution in [-0.2, 0) is 17.9 Å². The number of carbonyl (C=O) groups is 1. The van der Waals surface area contributed by atoms with Gasteiger partial charge in [0.15, 0.2) is 11.5 Å². The van der Waals surface area contributed by atoms with Crippen molar-refractivity contribution in [2.75, 3.05) is 33.0 Å². The molecular formula is C32H35N3O3. The van der Waals surface area contributed by atoms with Gasteiger partial charge < -0.3 is 18.9 Å². The zero-order chi connectivity index (χ0) is 26.1. The highest BCUT2D eigenvalue weighted by atomic mass is 16.7. The maximum atomic E-state index is 13.7. The lowest BCUT2D eigenvalue weighted by molar-refractivity contribution is -0.133. The van der Waals surface area contributed by atoms with Gasteiger partial charge in [-0.2, -0.15) is 0 Å². The van der Waals surface area contributed by atoms with E-state index in [1.807, 2.05) is 6.07 Å². The van der Waals surface area contributed by atoms with E-state index in [1.54, 1.807) is 0 Å². The van der Waals surface area contributed by atoms with Crippen LogP contribution in [0.3, 0.4) is 0 Å². The van der Waals surface area contributed by atoms with E-state index in [-0.39, 0.29) is 11.8 Å². The normalized spacial score (nSPS) is 16.2. The van der Waals surface area contributed by atoms with Gasteiger partial charge in [-0.05, 0) is 48.7 Å². The maximum absolute atomic E-state index is 13.7. The van der Waals surface area contributed by atoms with E-state index in [0.29, 0.717) is 13.2 Å². The van der Waals surface area contributed by atoms with E-state index in [4.69, 9.17) is 9.47 Å². The molecule has 0 saturated carbocycles. The average molecular weight is 510 g/mol. The summed E-state index contributed by atoms with van der Waals surface area (Å²) < 4.78 is 13.3. The molecule has 6 heteroatoms. The largest absolute Gasteiger partial charge is 0.454 e. The molecule has 2 aliphatic rings. The molecule has 0 radical (unpaired) electrons. The minimum Gasteiger partial charge on any atom is -0.454 e. The number of piperazine rings is 1. The molecular weight excluding hydrogens is 474 g/mol. The summed E-state index contributed by atoms with van der Waals surface area (Å²) in [5.74, 6) is 1.89. The summed E-state index contributed by atoms with van der Waals surface area (Å²) in [7, 11) is 0. The van der Waals surface area contributed by atoms with Gasteiger partial charge in [0.2, 0.25) is 12.7 Å². The average Bonchev–Trinajstić information content (AvgIpc) is 3.56. The number of aromatic nitrogens is 1. The molecule has 1 atom stereocenters. The van der Waals surface area contributed by atoms with Crippen LogP contribution in [0.1, 0.15) is 41.5 Å². The Labute approximate surface area is 224 Å². The van der Waals surface area contributed by atoms with Gasteiger partial charge in [-0.15, -0.1) is 0 Å². The Morgan fingerprint density at radius 1 is 0.921 bits per heavy atom. The van der Waals surface area contributed by atoms with Crippen LogP contribution in [0.2, 0.25) is 0 Å². The van der Waals surface area contributed by atoms with Crippen molar-refractivity contribution in [3.8, 4) is 11.5 Å². The number of benzene rings is 3. The maximum Gasteiger partial charge on any atom is 0.231 e. The van der Waals surface area contributed by atoms with Gasteiger partial charge in [0.05, 0.1) is 0 Å². The van der Waals surface area contributed by atoms with Crippen LogP contribution in [0.25, 0.3) is 10.9 Å². The van der Waals surface area contributed by atoms with Crippen molar-refractivity contribution >= 4 is 16.8 Å². The standard InChI is InChI=1S/C32H35N3O3/c1-3-34-21-28(26-9-4-5-10-29(26)34)27(25-8-6-7-23(2)17-25)19-32(36)35-15-13-33(14-16-35)20-24-11-12-30-31(18-24)38-22-37-30/h4-12,17-18,21,27H,3,13-16,19-20,22H2,1-2H3/t27-/m0/s1. The molecule has 3 aromatic carbocycles. The van der Waals surface area contributed by atoms with Crippen molar-refractivity contribution in [3.05, 3.63) is 95.2 Å². The minimum absolute atomic E-state index is 0.0202. The summed E-state index contributed by atoms with van der Waals surface area (Å²) in [5.41, 5.74) is 6.10. The van der Waals surface area contributed by atoms with Crippen LogP contribution in [0.15, 0.2) is 72.9 Å². The van der Waals surface area contributed by atoms with Gasteiger partial charge in [0.1, 0.15) is 0 Å². The topological polar surface area (TPSA) is 46.9 Å². The second-order valence-electron chi connectivity index (χ2n) is 10.4. The number of fused-ring (bicyclic) bond motifs is 2. The highest BCUT2D eigenvalue weighted by Crippen LogP contribution is 2.36. The van der Waals surface area contributed by atoms with Crippen LogP contribution in [0.5, 0.6) is 11.5 Å². The van der Waals surface area contributed by atoms with Crippen molar-refractivity contribution in [3.63, 3.8) is 0 Å². The Bertz CT molecular complexity index is 1450. The third-order valence-corrected chi connectivity index (χ3v) is 7.93. The second-order valence-corrected chi connectivity index (χ2v) is 10.4. The van der Waals surface area contributed by atoms with E-state index < -0.39 is 0 Å². The molecule has 6 rings (SSSR count). The van der Waals surface area contributed by atoms with E-state index >= 15 is 0 Å². The summed E-state index contributed by atoms with van der Waals surface area (Å²) in [6.07, 6.45) is 2.73. The fourth-order valence-electron chi connectivity index (χ4n) is 5.87. The third kappa shape index (κ3) is 4.88. The molecule has 196 valence electrons. The van der Waals surface area contributed by atoms with Crippen molar-refractivity contribution in [2.24, 2.45) is 0 Å². The molecule has 4 aromatic rings. The molecule has 1 saturated heterocycles. The summed E-state index contributed by atoms with van der Waals surface area (Å²) in [6.45, 7) is 9.57. The zero-order valence-electron chi connectivity index (χ0n) is 22.2. The summed E-state index contributed by atoms with van der Waals surface area (Å²) in [6, 6.07) is 23.4. The van der Waals surface area contributed by atoms with Gasteiger partial charge in [-0.25, -0.2) is 0 Å². The van der Waals surface area contributed by atoms with Gasteiger partial charge in [0, 0.05) is 68.7 Å². The van der Waals surface area contributed by atoms with Gasteiger partial charge in [-0.3, -0.25) is 9.69 Å². The smallest absolute Gasteiger partial charge is 0.231 e. The number of nitrogens with zero attached hydrogens (tertiary/aromatic N) is 3. The van der Waals surface area contributed by atoms with Crippen molar-refractivity contribution in [2.45, 2.75) is 39.3 Å². The molecule has 0 N–H and O–H groups in total. The van der Waals surface area contributed by atoms with Crippen LogP contribution >= 0.6 is 0 Å². The number of amides is 1. The number of ether oxygens (including phenoxy) is 2. The number of carbonyl (C=O) groups excluding carboxylic acids is 1. The first kappa shape index (κ1) is 24.6. The number of para-hydroxylation sites is 1. The van der Waals surface area contributed by atoms with Crippen molar-refractivity contribution in [1.29, 1.82) is 0 Å². The Morgan fingerprint density at radius 3 is 2.55 bits per heavy atom. The molecule has 2 aliphatic heterocycles. The molecule has 38 heavy (non-hydrogen) atoms. The molecule has 1 fully saturated rings. The van der Waals surface area contributed by atoms with Crippen LogP contribution in [-0.4, -0.2) is 53.2 Å². The Kier molecular flexibility index (Phi) is 6.81. The molecule has 0 bridgehead atoms. The second kappa shape index (κ2) is 10.5. The van der Waals surface area contributed by atoms with Crippen molar-refractivity contribution in [1.82, 2.24) is 14.4 Å². The van der Waals surface area contributed by atoms with Crippen LogP contribution in [0, 0.1) is 6.92 Å². The lowest BCUT2D eigenvalue weighted by Gasteiger charge is -2.35. The first-order valence-corrected chi connectivity index (χ1v) is 13.6. The molecule has 0 aliphatic carbocycles. The van der Waals surface area contributed by atoms with E-state index in [1.165, 1.54) is 33.2 Å². The van der Waals surface area contributed by atoms with E-state index in [0.717, 1.165) is 50.8 Å². The monoisotopic (exact) mass is 509 g/mol. The van der Waals surface area contributed by atoms with Crippen LogP contribution in [0.4, 0.5) is 0 Å². The number of rotatable bonds is 7. The number of aryl methyl sites for hydroxylation is 2. The molecule has 6 nitrogen and oxygen atoms in total. The Hall–Kier alpha value is -3.77. The number of hydrogen-bond donors (Lipinski definition) is 0. The fraction of sp³-hybridized carbons (Fsp3) is 0.344. The number of hydrogen-bond acceptors (Lipinski definition) is 4. The first-order valence-electron chi connectivity index (χ1n) is 13.6. The van der Waals surface area contributed by atoms with Gasteiger partial charge >= 0.3 is 0 Å². The highest BCUT2D eigenvalue weighted by molar-refractivity contribution is 5.86. The van der Waals surface area contributed by atoms with Crippen molar-refractivity contribution < 1.29 is 14.3 Å². The molecule has 1 amide bonds. The molecule has 1 aromatic heterocycles. The Balaban J connectivity index is 1.18. The van der Waals surface area contributed by atoms with Gasteiger partial charge in [0.25, 0.3) is 0 Å². The third-order valence-electron chi connectivity index (χ3n) is 7.93. The van der Waals surface area contributed by atoms with E-state index in [9.17, 15) is 4.79 Å². The van der Waals surface area contributed by atoms with E-state index in [2.05, 4.69) is 95.1 Å². The minimum atomic E-state index is 0.0202. The SMILES string of the molecule is CCn1cc([C@@H](CC(=O)N2CCN(Cc3ccc4c(c3)OCO4)CC2)c2cccc(C)c2)c2ccccc21. The quantitative estimate of drug-likeness (QED) is 0.327.